The van der Waals surface area contributed by atoms with Crippen LogP contribution in [0.3, 0.4) is 0 Å². The Morgan fingerprint density at radius 2 is 2.12 bits per heavy atom. The lowest BCUT2D eigenvalue weighted by Gasteiger charge is -2.12. The Labute approximate surface area is 97.4 Å². The molecule has 1 aliphatic rings. The fourth-order valence-corrected chi connectivity index (χ4v) is 2.16. The van der Waals surface area contributed by atoms with E-state index in [-0.39, 0.29) is 0 Å². The van der Waals surface area contributed by atoms with Crippen molar-refractivity contribution in [3.63, 3.8) is 0 Å². The molecule has 0 saturated heterocycles. The van der Waals surface area contributed by atoms with Crippen LogP contribution in [0.5, 0.6) is 0 Å². The van der Waals surface area contributed by atoms with Crippen LogP contribution in [0, 0.1) is 0 Å². The Morgan fingerprint density at radius 3 is 2.88 bits per heavy atom. The molecule has 2 rings (SSSR count). The summed E-state index contributed by atoms with van der Waals surface area (Å²) < 4.78 is 5.50. The SMILES string of the molecule is CCOC1=NCC(c2ccccc2)CCC1. The van der Waals surface area contributed by atoms with E-state index in [1.54, 1.807) is 0 Å². The summed E-state index contributed by atoms with van der Waals surface area (Å²) in [6.07, 6.45) is 3.39. The van der Waals surface area contributed by atoms with E-state index in [4.69, 9.17) is 4.74 Å². The van der Waals surface area contributed by atoms with Crippen LogP contribution in [0.25, 0.3) is 0 Å². The number of hydrogen-bond donors (Lipinski definition) is 0. The van der Waals surface area contributed by atoms with Crippen molar-refractivity contribution in [2.24, 2.45) is 4.99 Å². The third-order valence-corrected chi connectivity index (χ3v) is 3.01. The summed E-state index contributed by atoms with van der Waals surface area (Å²) in [7, 11) is 0. The van der Waals surface area contributed by atoms with Gasteiger partial charge in [-0.1, -0.05) is 30.3 Å². The highest BCUT2D eigenvalue weighted by Crippen LogP contribution is 2.25. The lowest BCUT2D eigenvalue weighted by atomic mass is 9.94. The van der Waals surface area contributed by atoms with Crippen LogP contribution in [0.15, 0.2) is 35.3 Å². The number of ether oxygens (including phenoxy) is 1. The number of aliphatic imine (C=N–C) groups is 1. The first kappa shape index (κ1) is 11.2. The van der Waals surface area contributed by atoms with Gasteiger partial charge in [-0.05, 0) is 25.3 Å². The maximum Gasteiger partial charge on any atom is 0.183 e. The van der Waals surface area contributed by atoms with Gasteiger partial charge in [0.1, 0.15) is 0 Å². The molecule has 0 aromatic heterocycles. The maximum absolute atomic E-state index is 5.50. The summed E-state index contributed by atoms with van der Waals surface area (Å²) in [4.78, 5) is 4.57. The first-order valence-electron chi connectivity index (χ1n) is 6.11. The zero-order chi connectivity index (χ0) is 11.2. The quantitative estimate of drug-likeness (QED) is 0.744. The molecule has 1 atom stereocenters. The Morgan fingerprint density at radius 1 is 1.31 bits per heavy atom. The van der Waals surface area contributed by atoms with Crippen molar-refractivity contribution in [1.82, 2.24) is 0 Å². The second-order valence-corrected chi connectivity index (χ2v) is 4.17. The number of hydrogen-bond acceptors (Lipinski definition) is 2. The Hall–Kier alpha value is -1.31. The average molecular weight is 217 g/mol. The van der Waals surface area contributed by atoms with E-state index in [0.717, 1.165) is 25.5 Å². The minimum absolute atomic E-state index is 0.569. The molecule has 86 valence electrons. The molecule has 0 aliphatic carbocycles. The molecule has 0 saturated carbocycles. The minimum Gasteiger partial charge on any atom is -0.481 e. The summed E-state index contributed by atoms with van der Waals surface area (Å²) >= 11 is 0. The molecule has 1 unspecified atom stereocenters. The van der Waals surface area contributed by atoms with Crippen molar-refractivity contribution < 1.29 is 4.74 Å². The standard InChI is InChI=1S/C14H19NO/c1-2-16-14-10-6-9-13(11-15-14)12-7-4-3-5-8-12/h3-5,7-8,13H,2,6,9-11H2,1H3. The first-order chi connectivity index (χ1) is 7.90. The lowest BCUT2D eigenvalue weighted by Crippen LogP contribution is -2.04. The average Bonchev–Trinajstić information content (AvgIpc) is 2.57. The summed E-state index contributed by atoms with van der Waals surface area (Å²) in [6.45, 7) is 3.62. The molecule has 0 bridgehead atoms. The highest BCUT2D eigenvalue weighted by Gasteiger charge is 2.15. The van der Waals surface area contributed by atoms with Crippen LogP contribution in [-0.4, -0.2) is 19.0 Å². The summed E-state index contributed by atoms with van der Waals surface area (Å²) in [5.74, 6) is 1.51. The zero-order valence-corrected chi connectivity index (χ0v) is 9.86. The van der Waals surface area contributed by atoms with Crippen molar-refractivity contribution in [2.45, 2.75) is 32.1 Å². The van der Waals surface area contributed by atoms with Crippen LogP contribution < -0.4 is 0 Å². The van der Waals surface area contributed by atoms with Crippen molar-refractivity contribution in [2.75, 3.05) is 13.2 Å². The van der Waals surface area contributed by atoms with Crippen molar-refractivity contribution in [3.05, 3.63) is 35.9 Å². The zero-order valence-electron chi connectivity index (χ0n) is 9.86. The summed E-state index contributed by atoms with van der Waals surface area (Å²) in [5.41, 5.74) is 1.41. The van der Waals surface area contributed by atoms with Crippen LogP contribution in [0.4, 0.5) is 0 Å². The monoisotopic (exact) mass is 217 g/mol. The smallest absolute Gasteiger partial charge is 0.183 e. The Bertz CT molecular complexity index is 345. The van der Waals surface area contributed by atoms with Gasteiger partial charge >= 0.3 is 0 Å². The topological polar surface area (TPSA) is 21.6 Å². The largest absolute Gasteiger partial charge is 0.481 e. The molecule has 1 aromatic rings. The molecule has 0 amide bonds. The van der Waals surface area contributed by atoms with E-state index < -0.39 is 0 Å². The molecule has 0 fully saturated rings. The summed E-state index contributed by atoms with van der Waals surface area (Å²) in [6, 6.07) is 10.7. The van der Waals surface area contributed by atoms with Crippen molar-refractivity contribution in [3.8, 4) is 0 Å². The fourth-order valence-electron chi connectivity index (χ4n) is 2.16. The van der Waals surface area contributed by atoms with Gasteiger partial charge in [0, 0.05) is 18.9 Å². The van der Waals surface area contributed by atoms with Crippen molar-refractivity contribution in [1.29, 1.82) is 0 Å². The molecule has 0 spiro atoms. The molecule has 1 heterocycles. The van der Waals surface area contributed by atoms with E-state index in [1.807, 2.05) is 6.92 Å². The third kappa shape index (κ3) is 2.84. The number of nitrogens with zero attached hydrogens (tertiary/aromatic N) is 1. The van der Waals surface area contributed by atoms with Crippen LogP contribution in [-0.2, 0) is 4.74 Å². The molecule has 1 aliphatic heterocycles. The van der Waals surface area contributed by atoms with E-state index in [2.05, 4.69) is 35.3 Å². The highest BCUT2D eigenvalue weighted by atomic mass is 16.5. The maximum atomic E-state index is 5.50. The summed E-state index contributed by atoms with van der Waals surface area (Å²) in [5, 5.41) is 0. The van der Waals surface area contributed by atoms with E-state index in [9.17, 15) is 0 Å². The molecular weight excluding hydrogens is 198 g/mol. The van der Waals surface area contributed by atoms with Crippen LogP contribution >= 0.6 is 0 Å². The second-order valence-electron chi connectivity index (χ2n) is 4.17. The van der Waals surface area contributed by atoms with Gasteiger partial charge in [0.05, 0.1) is 6.61 Å². The molecule has 0 radical (unpaired) electrons. The second kappa shape index (κ2) is 5.69. The first-order valence-corrected chi connectivity index (χ1v) is 6.11. The van der Waals surface area contributed by atoms with Gasteiger partial charge in [0.25, 0.3) is 0 Å². The lowest BCUT2D eigenvalue weighted by molar-refractivity contribution is 0.316. The minimum atomic E-state index is 0.569. The molecule has 16 heavy (non-hydrogen) atoms. The molecule has 2 nitrogen and oxygen atoms in total. The fraction of sp³-hybridized carbons (Fsp3) is 0.500. The van der Waals surface area contributed by atoms with Gasteiger partial charge in [0.15, 0.2) is 5.90 Å². The number of benzene rings is 1. The highest BCUT2D eigenvalue weighted by molar-refractivity contribution is 5.76. The van der Waals surface area contributed by atoms with E-state index >= 15 is 0 Å². The molecule has 0 N–H and O–H groups in total. The van der Waals surface area contributed by atoms with E-state index in [0.29, 0.717) is 5.92 Å². The van der Waals surface area contributed by atoms with Gasteiger partial charge in [-0.2, -0.15) is 0 Å². The third-order valence-electron chi connectivity index (χ3n) is 3.01. The molecule has 1 aromatic carbocycles. The van der Waals surface area contributed by atoms with Gasteiger partial charge in [-0.3, -0.25) is 4.99 Å². The predicted molar refractivity (Wildman–Crippen MR) is 67.0 cm³/mol. The molecule has 2 heteroatoms. The number of rotatable bonds is 2. The predicted octanol–water partition coefficient (Wildman–Crippen LogP) is 3.39. The molecular formula is C14H19NO. The van der Waals surface area contributed by atoms with Gasteiger partial charge in [0.2, 0.25) is 0 Å². The Kier molecular flexibility index (Phi) is 3.97. The van der Waals surface area contributed by atoms with Crippen molar-refractivity contribution >= 4 is 5.90 Å². The Balaban J connectivity index is 2.03. The van der Waals surface area contributed by atoms with Gasteiger partial charge in [-0.25, -0.2) is 0 Å². The van der Waals surface area contributed by atoms with E-state index in [1.165, 1.54) is 18.4 Å². The van der Waals surface area contributed by atoms with Gasteiger partial charge in [-0.15, -0.1) is 0 Å². The normalized spacial score (nSPS) is 21.1. The van der Waals surface area contributed by atoms with Crippen LogP contribution in [0.1, 0.15) is 37.7 Å². The van der Waals surface area contributed by atoms with Gasteiger partial charge < -0.3 is 4.74 Å². The van der Waals surface area contributed by atoms with Crippen LogP contribution in [0.2, 0.25) is 0 Å².